The van der Waals surface area contributed by atoms with Gasteiger partial charge in [0.05, 0.1) is 12.1 Å². The van der Waals surface area contributed by atoms with Crippen LogP contribution in [0.25, 0.3) is 0 Å². The Morgan fingerprint density at radius 3 is 2.78 bits per heavy atom. The first-order chi connectivity index (χ1) is 11.2. The molecule has 2 heterocycles. The molecule has 0 spiro atoms. The van der Waals surface area contributed by atoms with Crippen LogP contribution in [0, 0.1) is 5.92 Å². The first kappa shape index (κ1) is 14.5. The van der Waals surface area contributed by atoms with Crippen molar-refractivity contribution in [2.75, 3.05) is 19.7 Å². The molecule has 3 aliphatic rings. The van der Waals surface area contributed by atoms with E-state index in [1.807, 2.05) is 4.90 Å². The fraction of sp³-hybridized carbons (Fsp3) is 0.556. The van der Waals surface area contributed by atoms with Crippen LogP contribution < -0.4 is 10.1 Å². The molecule has 23 heavy (non-hydrogen) atoms. The second-order valence-corrected chi connectivity index (χ2v) is 6.71. The number of nitrogens with one attached hydrogen (secondary N) is 1. The Morgan fingerprint density at radius 1 is 1.22 bits per heavy atom. The lowest BCUT2D eigenvalue weighted by atomic mass is 9.87. The van der Waals surface area contributed by atoms with Crippen LogP contribution in [-0.4, -0.2) is 42.5 Å². The molecule has 1 unspecified atom stereocenters. The van der Waals surface area contributed by atoms with Gasteiger partial charge in [0.2, 0.25) is 0 Å². The number of nitrogens with zero attached hydrogens (tertiary/aromatic N) is 1. The zero-order valence-electron chi connectivity index (χ0n) is 13.2. The average Bonchev–Trinajstić information content (AvgIpc) is 2.97. The van der Waals surface area contributed by atoms with E-state index >= 15 is 0 Å². The monoisotopic (exact) mass is 314 g/mol. The molecular weight excluding hydrogens is 292 g/mol. The van der Waals surface area contributed by atoms with Crippen LogP contribution in [0.4, 0.5) is 0 Å². The standard InChI is InChI=1S/C18H22N2O3/c21-17-14-11-13(5-6-16(14)23-10-8-19-17)18(22)20-9-7-15(20)12-3-1-2-4-12/h5-6,11-12,15H,1-4,7-10H2,(H,19,21). The normalized spacial score (nSPS) is 24.3. The zero-order valence-corrected chi connectivity index (χ0v) is 13.2. The first-order valence-electron chi connectivity index (χ1n) is 8.60. The maximum atomic E-state index is 12.8. The van der Waals surface area contributed by atoms with Crippen LogP contribution in [-0.2, 0) is 0 Å². The minimum absolute atomic E-state index is 0.0491. The van der Waals surface area contributed by atoms with Crippen molar-refractivity contribution in [2.24, 2.45) is 5.92 Å². The van der Waals surface area contributed by atoms with Gasteiger partial charge in [-0.15, -0.1) is 0 Å². The molecule has 1 N–H and O–H groups in total. The number of carbonyl (C=O) groups is 2. The maximum Gasteiger partial charge on any atom is 0.255 e. The van der Waals surface area contributed by atoms with E-state index in [0.29, 0.717) is 42.0 Å². The molecule has 2 fully saturated rings. The minimum Gasteiger partial charge on any atom is -0.491 e. The summed E-state index contributed by atoms with van der Waals surface area (Å²) >= 11 is 0. The van der Waals surface area contributed by atoms with Gasteiger partial charge in [-0.05, 0) is 43.4 Å². The molecule has 2 aliphatic heterocycles. The number of rotatable bonds is 2. The molecule has 0 bridgehead atoms. The van der Waals surface area contributed by atoms with Gasteiger partial charge in [0, 0.05) is 18.2 Å². The number of amides is 2. The Labute approximate surface area is 136 Å². The first-order valence-corrected chi connectivity index (χ1v) is 8.60. The third-order valence-corrected chi connectivity index (χ3v) is 5.39. The summed E-state index contributed by atoms with van der Waals surface area (Å²) in [6.07, 6.45) is 6.19. The molecule has 1 aromatic carbocycles. The van der Waals surface area contributed by atoms with E-state index in [9.17, 15) is 9.59 Å². The van der Waals surface area contributed by atoms with Gasteiger partial charge in [0.15, 0.2) is 0 Å². The van der Waals surface area contributed by atoms with Crippen molar-refractivity contribution in [2.45, 2.75) is 38.1 Å². The second-order valence-electron chi connectivity index (χ2n) is 6.71. The van der Waals surface area contributed by atoms with Crippen LogP contribution in [0.2, 0.25) is 0 Å². The summed E-state index contributed by atoms with van der Waals surface area (Å²) in [5.41, 5.74) is 1.05. The topological polar surface area (TPSA) is 58.6 Å². The van der Waals surface area contributed by atoms with Gasteiger partial charge in [-0.1, -0.05) is 12.8 Å². The number of fused-ring (bicyclic) bond motifs is 1. The molecule has 1 aromatic rings. The SMILES string of the molecule is O=C1NCCOc2ccc(C(=O)N3CCC3C3CCCC3)cc21. The van der Waals surface area contributed by atoms with E-state index in [-0.39, 0.29) is 11.8 Å². The lowest BCUT2D eigenvalue weighted by Crippen LogP contribution is -2.54. The number of hydrogen-bond donors (Lipinski definition) is 1. The van der Waals surface area contributed by atoms with Crippen LogP contribution in [0.5, 0.6) is 5.75 Å². The van der Waals surface area contributed by atoms with Gasteiger partial charge in [0.25, 0.3) is 11.8 Å². The zero-order chi connectivity index (χ0) is 15.8. The fourth-order valence-corrected chi connectivity index (χ4v) is 4.04. The van der Waals surface area contributed by atoms with E-state index in [2.05, 4.69) is 5.32 Å². The maximum absolute atomic E-state index is 12.8. The quantitative estimate of drug-likeness (QED) is 0.910. The molecule has 5 heteroatoms. The van der Waals surface area contributed by atoms with Gasteiger partial charge >= 0.3 is 0 Å². The molecule has 0 radical (unpaired) electrons. The fourth-order valence-electron chi connectivity index (χ4n) is 4.04. The van der Waals surface area contributed by atoms with Crippen molar-refractivity contribution in [3.05, 3.63) is 29.3 Å². The van der Waals surface area contributed by atoms with Crippen LogP contribution in [0.15, 0.2) is 18.2 Å². The third-order valence-electron chi connectivity index (χ3n) is 5.39. The predicted molar refractivity (Wildman–Crippen MR) is 85.7 cm³/mol. The summed E-state index contributed by atoms with van der Waals surface area (Å²) in [6.45, 7) is 1.79. The summed E-state index contributed by atoms with van der Waals surface area (Å²) < 4.78 is 5.55. The van der Waals surface area contributed by atoms with Crippen molar-refractivity contribution in [3.8, 4) is 5.75 Å². The lowest BCUT2D eigenvalue weighted by Gasteiger charge is -2.44. The molecule has 1 saturated carbocycles. The number of carbonyl (C=O) groups excluding carboxylic acids is 2. The van der Waals surface area contributed by atoms with Crippen LogP contribution >= 0.6 is 0 Å². The Hall–Kier alpha value is -2.04. The molecule has 1 atom stereocenters. The summed E-state index contributed by atoms with van der Waals surface area (Å²) in [4.78, 5) is 26.9. The highest BCUT2D eigenvalue weighted by atomic mass is 16.5. The van der Waals surface area contributed by atoms with Gasteiger partial charge in [-0.3, -0.25) is 9.59 Å². The Balaban J connectivity index is 1.56. The number of likely N-dealkylation sites (tertiary alicyclic amines) is 1. The van der Waals surface area contributed by atoms with Crippen molar-refractivity contribution >= 4 is 11.8 Å². The number of ether oxygens (including phenoxy) is 1. The molecule has 1 aliphatic carbocycles. The molecular formula is C18H22N2O3. The van der Waals surface area contributed by atoms with Gasteiger partial charge in [0.1, 0.15) is 12.4 Å². The molecule has 5 nitrogen and oxygen atoms in total. The molecule has 122 valence electrons. The average molecular weight is 314 g/mol. The third kappa shape index (κ3) is 2.58. The van der Waals surface area contributed by atoms with Gasteiger partial charge in [-0.25, -0.2) is 0 Å². The molecule has 0 aromatic heterocycles. The van der Waals surface area contributed by atoms with Crippen molar-refractivity contribution in [3.63, 3.8) is 0 Å². The molecule has 2 amide bonds. The highest BCUT2D eigenvalue weighted by Gasteiger charge is 2.39. The van der Waals surface area contributed by atoms with Crippen LogP contribution in [0.3, 0.4) is 0 Å². The summed E-state index contributed by atoms with van der Waals surface area (Å²) in [6, 6.07) is 5.61. The van der Waals surface area contributed by atoms with E-state index in [0.717, 1.165) is 13.0 Å². The summed E-state index contributed by atoms with van der Waals surface area (Å²) in [7, 11) is 0. The Morgan fingerprint density at radius 2 is 2.04 bits per heavy atom. The van der Waals surface area contributed by atoms with Crippen molar-refractivity contribution < 1.29 is 14.3 Å². The van der Waals surface area contributed by atoms with E-state index < -0.39 is 0 Å². The second kappa shape index (κ2) is 5.87. The van der Waals surface area contributed by atoms with Crippen LogP contribution in [0.1, 0.15) is 52.8 Å². The minimum atomic E-state index is -0.164. The predicted octanol–water partition coefficient (Wildman–Crippen LogP) is 2.21. The largest absolute Gasteiger partial charge is 0.491 e. The smallest absolute Gasteiger partial charge is 0.255 e. The van der Waals surface area contributed by atoms with Gasteiger partial charge < -0.3 is 15.0 Å². The highest BCUT2D eigenvalue weighted by molar-refractivity contribution is 6.02. The molecule has 4 rings (SSSR count). The van der Waals surface area contributed by atoms with Crippen molar-refractivity contribution in [1.82, 2.24) is 10.2 Å². The lowest BCUT2D eigenvalue weighted by molar-refractivity contribution is 0.0308. The summed E-state index contributed by atoms with van der Waals surface area (Å²) in [5.74, 6) is 1.11. The molecule has 1 saturated heterocycles. The van der Waals surface area contributed by atoms with E-state index in [4.69, 9.17) is 4.74 Å². The van der Waals surface area contributed by atoms with Crippen molar-refractivity contribution in [1.29, 1.82) is 0 Å². The van der Waals surface area contributed by atoms with Gasteiger partial charge in [-0.2, -0.15) is 0 Å². The Kier molecular flexibility index (Phi) is 3.71. The number of hydrogen-bond acceptors (Lipinski definition) is 3. The number of benzene rings is 1. The summed E-state index contributed by atoms with van der Waals surface area (Å²) in [5, 5.41) is 2.79. The van der Waals surface area contributed by atoms with E-state index in [1.165, 1.54) is 25.7 Å². The highest BCUT2D eigenvalue weighted by Crippen LogP contribution is 2.37. The Bertz CT molecular complexity index is 637. The van der Waals surface area contributed by atoms with E-state index in [1.54, 1.807) is 18.2 Å².